The first-order valence-corrected chi connectivity index (χ1v) is 7.04. The highest BCUT2D eigenvalue weighted by molar-refractivity contribution is 5.23. The molecule has 1 N–H and O–H groups in total. The SMILES string of the molecule is CNC(CCc1ccccc1)Cc1cccc(C)c1. The van der Waals surface area contributed by atoms with Gasteiger partial charge < -0.3 is 5.32 Å². The molecular weight excluding hydrogens is 230 g/mol. The van der Waals surface area contributed by atoms with Crippen LogP contribution in [-0.2, 0) is 12.8 Å². The Labute approximate surface area is 116 Å². The van der Waals surface area contributed by atoms with Gasteiger partial charge in [-0.3, -0.25) is 0 Å². The highest BCUT2D eigenvalue weighted by Crippen LogP contribution is 2.11. The molecule has 1 atom stereocenters. The second-order valence-corrected chi connectivity index (χ2v) is 5.20. The molecule has 0 fully saturated rings. The maximum atomic E-state index is 3.44. The molecule has 0 bridgehead atoms. The fraction of sp³-hybridized carbons (Fsp3) is 0.333. The molecule has 100 valence electrons. The topological polar surface area (TPSA) is 12.0 Å². The normalized spacial score (nSPS) is 12.3. The molecule has 0 heterocycles. The average Bonchev–Trinajstić information content (AvgIpc) is 2.44. The van der Waals surface area contributed by atoms with Crippen molar-refractivity contribution in [3.05, 3.63) is 71.3 Å². The zero-order valence-corrected chi connectivity index (χ0v) is 11.9. The molecule has 2 aromatic rings. The summed E-state index contributed by atoms with van der Waals surface area (Å²) in [7, 11) is 2.06. The number of hydrogen-bond acceptors (Lipinski definition) is 1. The molecule has 0 aliphatic carbocycles. The summed E-state index contributed by atoms with van der Waals surface area (Å²) in [6.45, 7) is 2.15. The van der Waals surface area contributed by atoms with Crippen molar-refractivity contribution in [3.8, 4) is 0 Å². The Kier molecular flexibility index (Phi) is 5.17. The lowest BCUT2D eigenvalue weighted by Crippen LogP contribution is -2.28. The maximum absolute atomic E-state index is 3.44. The third-order valence-electron chi connectivity index (χ3n) is 3.60. The number of benzene rings is 2. The van der Waals surface area contributed by atoms with Crippen LogP contribution in [0.2, 0.25) is 0 Å². The minimum absolute atomic E-state index is 0.544. The van der Waals surface area contributed by atoms with E-state index in [4.69, 9.17) is 0 Å². The Hall–Kier alpha value is -1.60. The first-order chi connectivity index (χ1) is 9.28. The summed E-state index contributed by atoms with van der Waals surface area (Å²) in [5.41, 5.74) is 4.19. The van der Waals surface area contributed by atoms with E-state index >= 15 is 0 Å². The predicted molar refractivity (Wildman–Crippen MR) is 82.5 cm³/mol. The van der Waals surface area contributed by atoms with Gasteiger partial charge >= 0.3 is 0 Å². The van der Waals surface area contributed by atoms with Crippen molar-refractivity contribution in [3.63, 3.8) is 0 Å². The van der Waals surface area contributed by atoms with E-state index in [9.17, 15) is 0 Å². The number of rotatable bonds is 6. The van der Waals surface area contributed by atoms with Crippen LogP contribution in [0.25, 0.3) is 0 Å². The van der Waals surface area contributed by atoms with Crippen LogP contribution in [0.1, 0.15) is 23.1 Å². The van der Waals surface area contributed by atoms with Crippen LogP contribution in [0.3, 0.4) is 0 Å². The third kappa shape index (κ3) is 4.53. The van der Waals surface area contributed by atoms with Crippen LogP contribution in [0, 0.1) is 6.92 Å². The molecule has 2 rings (SSSR count). The van der Waals surface area contributed by atoms with Crippen molar-refractivity contribution in [1.82, 2.24) is 5.32 Å². The van der Waals surface area contributed by atoms with Crippen LogP contribution in [0.15, 0.2) is 54.6 Å². The quantitative estimate of drug-likeness (QED) is 0.826. The predicted octanol–water partition coefficient (Wildman–Crippen LogP) is 3.76. The molecule has 2 aromatic carbocycles. The molecule has 0 saturated heterocycles. The van der Waals surface area contributed by atoms with Gasteiger partial charge in [-0.25, -0.2) is 0 Å². The van der Waals surface area contributed by atoms with Gasteiger partial charge in [0.1, 0.15) is 0 Å². The molecule has 0 saturated carbocycles. The highest BCUT2D eigenvalue weighted by atomic mass is 14.9. The van der Waals surface area contributed by atoms with Crippen molar-refractivity contribution < 1.29 is 0 Å². The van der Waals surface area contributed by atoms with Crippen molar-refractivity contribution in [1.29, 1.82) is 0 Å². The fourth-order valence-corrected chi connectivity index (χ4v) is 2.46. The van der Waals surface area contributed by atoms with E-state index in [2.05, 4.69) is 73.9 Å². The zero-order chi connectivity index (χ0) is 13.5. The van der Waals surface area contributed by atoms with Crippen LogP contribution in [0.5, 0.6) is 0 Å². The second kappa shape index (κ2) is 7.10. The van der Waals surface area contributed by atoms with E-state index < -0.39 is 0 Å². The average molecular weight is 253 g/mol. The molecule has 0 aromatic heterocycles. The van der Waals surface area contributed by atoms with E-state index in [1.54, 1.807) is 0 Å². The smallest absolute Gasteiger partial charge is 0.0108 e. The van der Waals surface area contributed by atoms with Gasteiger partial charge in [0.05, 0.1) is 0 Å². The van der Waals surface area contributed by atoms with Crippen molar-refractivity contribution in [2.75, 3.05) is 7.05 Å². The van der Waals surface area contributed by atoms with Crippen molar-refractivity contribution in [2.45, 2.75) is 32.2 Å². The minimum atomic E-state index is 0.544. The van der Waals surface area contributed by atoms with Gasteiger partial charge in [0.25, 0.3) is 0 Å². The van der Waals surface area contributed by atoms with Crippen LogP contribution >= 0.6 is 0 Å². The lowest BCUT2D eigenvalue weighted by Gasteiger charge is -2.16. The monoisotopic (exact) mass is 253 g/mol. The Balaban J connectivity index is 1.90. The molecule has 0 amide bonds. The van der Waals surface area contributed by atoms with Gasteiger partial charge in [0.2, 0.25) is 0 Å². The number of hydrogen-bond donors (Lipinski definition) is 1. The van der Waals surface area contributed by atoms with E-state index in [1.165, 1.54) is 23.1 Å². The lowest BCUT2D eigenvalue weighted by molar-refractivity contribution is 0.520. The summed E-state index contributed by atoms with van der Waals surface area (Å²) in [6, 6.07) is 20.1. The summed E-state index contributed by atoms with van der Waals surface area (Å²) < 4.78 is 0. The lowest BCUT2D eigenvalue weighted by atomic mass is 9.98. The molecule has 0 aliphatic heterocycles. The Morgan fingerprint density at radius 3 is 2.37 bits per heavy atom. The van der Waals surface area contributed by atoms with Gasteiger partial charge in [0.15, 0.2) is 0 Å². The van der Waals surface area contributed by atoms with Crippen molar-refractivity contribution >= 4 is 0 Å². The molecule has 0 radical (unpaired) electrons. The minimum Gasteiger partial charge on any atom is -0.317 e. The molecule has 19 heavy (non-hydrogen) atoms. The van der Waals surface area contributed by atoms with Crippen LogP contribution in [0.4, 0.5) is 0 Å². The Bertz CT molecular complexity index is 490. The summed E-state index contributed by atoms with van der Waals surface area (Å²) in [5.74, 6) is 0. The van der Waals surface area contributed by atoms with E-state index in [0.717, 1.165) is 12.8 Å². The first kappa shape index (κ1) is 13.8. The maximum Gasteiger partial charge on any atom is 0.0108 e. The molecule has 0 spiro atoms. The van der Waals surface area contributed by atoms with Gasteiger partial charge in [-0.2, -0.15) is 0 Å². The first-order valence-electron chi connectivity index (χ1n) is 7.04. The number of nitrogens with one attached hydrogen (secondary N) is 1. The summed E-state index contributed by atoms with van der Waals surface area (Å²) in [6.07, 6.45) is 3.41. The molecule has 1 heteroatoms. The number of aryl methyl sites for hydroxylation is 2. The van der Waals surface area contributed by atoms with Gasteiger partial charge in [-0.15, -0.1) is 0 Å². The molecule has 0 aliphatic rings. The van der Waals surface area contributed by atoms with Crippen molar-refractivity contribution in [2.24, 2.45) is 0 Å². The summed E-state index contributed by atoms with van der Waals surface area (Å²) >= 11 is 0. The Morgan fingerprint density at radius 2 is 1.68 bits per heavy atom. The van der Waals surface area contributed by atoms with E-state index in [-0.39, 0.29) is 0 Å². The highest BCUT2D eigenvalue weighted by Gasteiger charge is 2.07. The van der Waals surface area contributed by atoms with Gasteiger partial charge in [-0.05, 0) is 44.4 Å². The molecular formula is C18H23N. The van der Waals surface area contributed by atoms with Gasteiger partial charge in [-0.1, -0.05) is 60.2 Å². The third-order valence-corrected chi connectivity index (χ3v) is 3.60. The second-order valence-electron chi connectivity index (χ2n) is 5.20. The zero-order valence-electron chi connectivity index (χ0n) is 11.9. The standard InChI is InChI=1S/C18H23N/c1-15-7-6-10-17(13-15)14-18(19-2)12-11-16-8-4-3-5-9-16/h3-10,13,18-19H,11-12,14H2,1-2H3. The van der Waals surface area contributed by atoms with E-state index in [0.29, 0.717) is 6.04 Å². The molecule has 1 nitrogen and oxygen atoms in total. The Morgan fingerprint density at radius 1 is 0.947 bits per heavy atom. The summed E-state index contributed by atoms with van der Waals surface area (Å²) in [4.78, 5) is 0. The largest absolute Gasteiger partial charge is 0.317 e. The fourth-order valence-electron chi connectivity index (χ4n) is 2.46. The molecule has 1 unspecified atom stereocenters. The van der Waals surface area contributed by atoms with E-state index in [1.807, 2.05) is 0 Å². The summed E-state index contributed by atoms with van der Waals surface area (Å²) in [5, 5.41) is 3.44. The number of likely N-dealkylation sites (N-methyl/N-ethyl adjacent to an activating group) is 1. The van der Waals surface area contributed by atoms with Crippen LogP contribution < -0.4 is 5.32 Å². The van der Waals surface area contributed by atoms with Gasteiger partial charge in [0, 0.05) is 6.04 Å². The van der Waals surface area contributed by atoms with Crippen LogP contribution in [-0.4, -0.2) is 13.1 Å².